The van der Waals surface area contributed by atoms with E-state index in [9.17, 15) is 0 Å². The number of hydrogen-bond donors (Lipinski definition) is 1. The van der Waals surface area contributed by atoms with Crippen molar-refractivity contribution in [2.24, 2.45) is 0 Å². The average Bonchev–Trinajstić information content (AvgIpc) is 2.83. The smallest absolute Gasteiger partial charge is 0.194 e. The van der Waals surface area contributed by atoms with E-state index in [0.29, 0.717) is 6.04 Å². The van der Waals surface area contributed by atoms with Crippen LogP contribution in [0.5, 0.6) is 0 Å². The zero-order chi connectivity index (χ0) is 14.5. The van der Waals surface area contributed by atoms with Crippen LogP contribution in [0.15, 0.2) is 33.3 Å². The van der Waals surface area contributed by atoms with Gasteiger partial charge in [-0.25, -0.2) is 4.98 Å². The number of oxazole rings is 1. The number of nitrogens with one attached hydrogen (secondary N) is 1. The summed E-state index contributed by atoms with van der Waals surface area (Å²) in [5, 5.41) is 3.39. The van der Waals surface area contributed by atoms with Crippen LogP contribution in [-0.2, 0) is 6.42 Å². The molecule has 0 bridgehead atoms. The second-order valence-corrected chi connectivity index (χ2v) is 6.21. The summed E-state index contributed by atoms with van der Waals surface area (Å²) in [5.41, 5.74) is 2.29. The Kier molecular flexibility index (Phi) is 5.38. The monoisotopic (exact) mass is 336 g/mol. The first kappa shape index (κ1) is 15.3. The minimum Gasteiger partial charge on any atom is -0.441 e. The van der Waals surface area contributed by atoms with Crippen molar-refractivity contribution in [1.29, 1.82) is 0 Å². The second kappa shape index (κ2) is 7.04. The lowest BCUT2D eigenvalue weighted by atomic mass is 10.1. The lowest BCUT2D eigenvalue weighted by Gasteiger charge is -2.06. The molecule has 1 heterocycles. The Hall–Kier alpha value is -1.13. The summed E-state index contributed by atoms with van der Waals surface area (Å²) >= 11 is 3.47. The summed E-state index contributed by atoms with van der Waals surface area (Å²) in [6.45, 7) is 7.38. The summed E-state index contributed by atoms with van der Waals surface area (Å²) in [6.07, 6.45) is 3.73. The van der Waals surface area contributed by atoms with E-state index >= 15 is 0 Å². The molecule has 2 aromatic rings. The Balaban J connectivity index is 1.98. The molecule has 0 aliphatic heterocycles. The van der Waals surface area contributed by atoms with E-state index in [1.165, 1.54) is 5.56 Å². The SMILES string of the molecule is Cc1cc(Br)ccc1-c1cnc(CCCNC(C)C)o1. The summed E-state index contributed by atoms with van der Waals surface area (Å²) in [5.74, 6) is 1.66. The molecule has 0 radical (unpaired) electrons. The van der Waals surface area contributed by atoms with E-state index < -0.39 is 0 Å². The molecule has 0 atom stereocenters. The molecule has 20 heavy (non-hydrogen) atoms. The van der Waals surface area contributed by atoms with Crippen molar-refractivity contribution >= 4 is 15.9 Å². The molecule has 4 heteroatoms. The zero-order valence-corrected chi connectivity index (χ0v) is 13.8. The highest BCUT2D eigenvalue weighted by Crippen LogP contribution is 2.26. The van der Waals surface area contributed by atoms with E-state index in [1.807, 2.05) is 12.3 Å². The molecule has 3 nitrogen and oxygen atoms in total. The molecule has 0 spiro atoms. The highest BCUT2D eigenvalue weighted by molar-refractivity contribution is 9.10. The van der Waals surface area contributed by atoms with Crippen LogP contribution in [0.25, 0.3) is 11.3 Å². The van der Waals surface area contributed by atoms with Gasteiger partial charge >= 0.3 is 0 Å². The van der Waals surface area contributed by atoms with Gasteiger partial charge in [0.25, 0.3) is 0 Å². The van der Waals surface area contributed by atoms with Gasteiger partial charge in [0.1, 0.15) is 0 Å². The van der Waals surface area contributed by atoms with Gasteiger partial charge in [-0.1, -0.05) is 29.8 Å². The van der Waals surface area contributed by atoms with Gasteiger partial charge in [-0.05, 0) is 43.7 Å². The number of aryl methyl sites for hydroxylation is 2. The van der Waals surface area contributed by atoms with Gasteiger partial charge in [-0.2, -0.15) is 0 Å². The fourth-order valence-corrected chi connectivity index (χ4v) is 2.56. The number of benzene rings is 1. The first-order valence-corrected chi connectivity index (χ1v) is 7.80. The van der Waals surface area contributed by atoms with Crippen molar-refractivity contribution in [3.63, 3.8) is 0 Å². The fraction of sp³-hybridized carbons (Fsp3) is 0.438. The maximum absolute atomic E-state index is 5.84. The maximum Gasteiger partial charge on any atom is 0.194 e. The molecule has 0 saturated carbocycles. The zero-order valence-electron chi connectivity index (χ0n) is 12.2. The lowest BCUT2D eigenvalue weighted by molar-refractivity contribution is 0.484. The summed E-state index contributed by atoms with van der Waals surface area (Å²) < 4.78 is 6.92. The van der Waals surface area contributed by atoms with Gasteiger partial charge in [-0.3, -0.25) is 0 Å². The Labute approximate surface area is 128 Å². The van der Waals surface area contributed by atoms with Crippen LogP contribution >= 0.6 is 15.9 Å². The van der Waals surface area contributed by atoms with Crippen molar-refractivity contribution in [2.75, 3.05) is 6.54 Å². The molecule has 1 N–H and O–H groups in total. The molecular weight excluding hydrogens is 316 g/mol. The number of rotatable bonds is 6. The van der Waals surface area contributed by atoms with E-state index in [4.69, 9.17) is 4.42 Å². The summed E-state index contributed by atoms with van der Waals surface area (Å²) in [6, 6.07) is 6.70. The van der Waals surface area contributed by atoms with Crippen molar-refractivity contribution in [1.82, 2.24) is 10.3 Å². The molecule has 2 rings (SSSR count). The molecular formula is C16H21BrN2O. The van der Waals surface area contributed by atoms with Crippen molar-refractivity contribution in [2.45, 2.75) is 39.7 Å². The Morgan fingerprint density at radius 2 is 2.15 bits per heavy atom. The molecule has 0 unspecified atom stereocenters. The van der Waals surface area contributed by atoms with Crippen molar-refractivity contribution in [3.8, 4) is 11.3 Å². The molecule has 1 aromatic heterocycles. The topological polar surface area (TPSA) is 38.1 Å². The highest BCUT2D eigenvalue weighted by atomic mass is 79.9. The maximum atomic E-state index is 5.84. The minimum atomic E-state index is 0.528. The average molecular weight is 337 g/mol. The van der Waals surface area contributed by atoms with Gasteiger partial charge in [0.05, 0.1) is 6.20 Å². The third-order valence-electron chi connectivity index (χ3n) is 3.13. The minimum absolute atomic E-state index is 0.528. The number of nitrogens with zero attached hydrogens (tertiary/aromatic N) is 1. The standard InChI is InChI=1S/C16H21BrN2O/c1-11(2)18-8-4-5-16-19-10-15(20-16)14-7-6-13(17)9-12(14)3/h6-7,9-11,18H,4-5,8H2,1-3H3. The predicted octanol–water partition coefficient (Wildman–Crippen LogP) is 4.34. The third-order valence-corrected chi connectivity index (χ3v) is 3.62. The molecule has 0 fully saturated rings. The van der Waals surface area contributed by atoms with Gasteiger partial charge in [-0.15, -0.1) is 0 Å². The van der Waals surface area contributed by atoms with Gasteiger partial charge in [0.15, 0.2) is 11.7 Å². The van der Waals surface area contributed by atoms with E-state index in [2.05, 4.69) is 59.1 Å². The van der Waals surface area contributed by atoms with Crippen molar-refractivity contribution in [3.05, 3.63) is 40.3 Å². The van der Waals surface area contributed by atoms with Crippen LogP contribution in [0.1, 0.15) is 31.7 Å². The molecule has 108 valence electrons. The van der Waals surface area contributed by atoms with Crippen LogP contribution in [-0.4, -0.2) is 17.6 Å². The van der Waals surface area contributed by atoms with Gasteiger partial charge in [0.2, 0.25) is 0 Å². The Morgan fingerprint density at radius 1 is 1.35 bits per heavy atom. The van der Waals surface area contributed by atoms with Crippen LogP contribution < -0.4 is 5.32 Å². The number of hydrogen-bond acceptors (Lipinski definition) is 3. The van der Waals surface area contributed by atoms with Crippen LogP contribution in [0.4, 0.5) is 0 Å². The van der Waals surface area contributed by atoms with Crippen LogP contribution in [0.2, 0.25) is 0 Å². The molecule has 0 saturated heterocycles. The van der Waals surface area contributed by atoms with E-state index in [0.717, 1.165) is 41.1 Å². The van der Waals surface area contributed by atoms with E-state index in [1.54, 1.807) is 0 Å². The second-order valence-electron chi connectivity index (χ2n) is 5.29. The predicted molar refractivity (Wildman–Crippen MR) is 85.8 cm³/mol. The number of aromatic nitrogens is 1. The van der Waals surface area contributed by atoms with Crippen LogP contribution in [0.3, 0.4) is 0 Å². The first-order valence-electron chi connectivity index (χ1n) is 7.01. The fourth-order valence-electron chi connectivity index (χ4n) is 2.08. The molecule has 0 aliphatic carbocycles. The van der Waals surface area contributed by atoms with Gasteiger partial charge < -0.3 is 9.73 Å². The van der Waals surface area contributed by atoms with Crippen LogP contribution in [0, 0.1) is 6.92 Å². The quantitative estimate of drug-likeness (QED) is 0.797. The first-order chi connectivity index (χ1) is 9.56. The Bertz CT molecular complexity index is 563. The Morgan fingerprint density at radius 3 is 2.85 bits per heavy atom. The lowest BCUT2D eigenvalue weighted by Crippen LogP contribution is -2.23. The van der Waals surface area contributed by atoms with Crippen molar-refractivity contribution < 1.29 is 4.42 Å². The summed E-state index contributed by atoms with van der Waals surface area (Å²) in [7, 11) is 0. The highest BCUT2D eigenvalue weighted by Gasteiger charge is 2.09. The largest absolute Gasteiger partial charge is 0.441 e. The normalized spacial score (nSPS) is 11.2. The molecule has 0 aliphatic rings. The van der Waals surface area contributed by atoms with Gasteiger partial charge in [0, 0.05) is 22.5 Å². The van der Waals surface area contributed by atoms with E-state index in [-0.39, 0.29) is 0 Å². The number of halogens is 1. The third kappa shape index (κ3) is 4.18. The summed E-state index contributed by atoms with van der Waals surface area (Å²) in [4.78, 5) is 4.37. The molecule has 0 amide bonds. The molecule has 1 aromatic carbocycles.